The number of aliphatic hydroxyl groups excluding tert-OH is 1. The van der Waals surface area contributed by atoms with Crippen LogP contribution in [-0.2, 0) is 14.3 Å². The summed E-state index contributed by atoms with van der Waals surface area (Å²) in [7, 11) is 0. The van der Waals surface area contributed by atoms with Gasteiger partial charge >= 0.3 is 0 Å². The van der Waals surface area contributed by atoms with Crippen LogP contribution in [0.3, 0.4) is 0 Å². The molecular weight excluding hydrogens is 374 g/mol. The van der Waals surface area contributed by atoms with E-state index in [0.717, 1.165) is 11.4 Å². The molecule has 2 aliphatic rings. The van der Waals surface area contributed by atoms with Gasteiger partial charge in [-0.2, -0.15) is 0 Å². The molecule has 0 spiro atoms. The lowest BCUT2D eigenvalue weighted by Crippen LogP contribution is -2.43. The maximum atomic E-state index is 11.9. The molecule has 156 valence electrons. The van der Waals surface area contributed by atoms with E-state index in [0.29, 0.717) is 19.0 Å². The number of aliphatic hydroxyl groups is 1. The Morgan fingerprint density at radius 2 is 1.97 bits per heavy atom. The van der Waals surface area contributed by atoms with Gasteiger partial charge in [-0.15, -0.1) is 0 Å². The van der Waals surface area contributed by atoms with Gasteiger partial charge in [0, 0.05) is 23.5 Å². The highest BCUT2D eigenvalue weighted by Gasteiger charge is 2.48. The molecule has 4 atom stereocenters. The highest BCUT2D eigenvalue weighted by Crippen LogP contribution is 2.36. The molecular formula is C21H27N3O5. The molecule has 3 heterocycles. The predicted molar refractivity (Wildman–Crippen MR) is 106 cm³/mol. The van der Waals surface area contributed by atoms with Gasteiger partial charge in [-0.1, -0.05) is 0 Å². The summed E-state index contributed by atoms with van der Waals surface area (Å²) in [5.41, 5.74) is 0.632. The predicted octanol–water partition coefficient (Wildman–Crippen LogP) is 1.54. The van der Waals surface area contributed by atoms with Crippen LogP contribution in [0.4, 0.5) is 0 Å². The van der Waals surface area contributed by atoms with Crippen molar-refractivity contribution in [3.8, 4) is 17.1 Å². The Kier molecular flexibility index (Phi) is 5.33. The molecule has 2 fully saturated rings. The fourth-order valence-electron chi connectivity index (χ4n) is 3.81. The van der Waals surface area contributed by atoms with Crippen LogP contribution in [0.5, 0.6) is 5.75 Å². The number of imidazole rings is 1. The third kappa shape index (κ3) is 4.29. The van der Waals surface area contributed by atoms with Crippen molar-refractivity contribution in [1.82, 2.24) is 14.9 Å². The molecule has 1 amide bonds. The van der Waals surface area contributed by atoms with Crippen molar-refractivity contribution in [3.05, 3.63) is 36.7 Å². The summed E-state index contributed by atoms with van der Waals surface area (Å²) in [4.78, 5) is 16.4. The molecule has 0 saturated carbocycles. The standard InChI is InChI=1S/C21H27N3O5/c1-21(2,3)23-17(26)12-27-14-6-4-13(5-7-14)20-22-8-9-24(20)15-10-28-19-16(25)11-29-18(15)19/h4-9,15-16,18-19,25H,10-12H2,1-3H3,(H,23,26)/t15-,16+,18+,19+/m0/s1. The van der Waals surface area contributed by atoms with Gasteiger partial charge in [-0.25, -0.2) is 4.98 Å². The van der Waals surface area contributed by atoms with Crippen LogP contribution in [0, 0.1) is 0 Å². The SMILES string of the molecule is CC(C)(C)NC(=O)COc1ccc(-c2nccn2[C@H]2CO[C@H]3[C@@H]2OC[C@H]3O)cc1. The van der Waals surface area contributed by atoms with Gasteiger partial charge in [0.05, 0.1) is 19.3 Å². The number of benzene rings is 1. The second-order valence-corrected chi connectivity index (χ2v) is 8.50. The van der Waals surface area contributed by atoms with Crippen LogP contribution in [0.2, 0.25) is 0 Å². The van der Waals surface area contributed by atoms with E-state index in [1.54, 1.807) is 6.20 Å². The number of carbonyl (C=O) groups excluding carboxylic acids is 1. The van der Waals surface area contributed by atoms with E-state index >= 15 is 0 Å². The van der Waals surface area contributed by atoms with Gasteiger partial charge in [0.1, 0.15) is 29.9 Å². The van der Waals surface area contributed by atoms with E-state index in [1.807, 2.05) is 55.8 Å². The molecule has 0 aliphatic carbocycles. The Hall–Kier alpha value is -2.42. The zero-order valence-electron chi connectivity index (χ0n) is 16.9. The molecule has 1 aromatic carbocycles. The van der Waals surface area contributed by atoms with Crippen LogP contribution in [-0.4, -0.2) is 64.2 Å². The molecule has 1 aromatic heterocycles. The molecule has 2 aliphatic heterocycles. The van der Waals surface area contributed by atoms with Crippen molar-refractivity contribution in [2.45, 2.75) is 50.7 Å². The number of fused-ring (bicyclic) bond motifs is 1. The maximum absolute atomic E-state index is 11.9. The summed E-state index contributed by atoms with van der Waals surface area (Å²) in [6, 6.07) is 7.43. The summed E-state index contributed by atoms with van der Waals surface area (Å²) < 4.78 is 19.1. The Labute approximate surface area is 169 Å². The van der Waals surface area contributed by atoms with E-state index in [2.05, 4.69) is 10.3 Å². The number of hydrogen-bond donors (Lipinski definition) is 2. The minimum Gasteiger partial charge on any atom is -0.484 e. The summed E-state index contributed by atoms with van der Waals surface area (Å²) in [6.07, 6.45) is 2.60. The fourth-order valence-corrected chi connectivity index (χ4v) is 3.81. The van der Waals surface area contributed by atoms with Crippen molar-refractivity contribution in [2.24, 2.45) is 0 Å². The maximum Gasteiger partial charge on any atom is 0.258 e. The molecule has 4 rings (SSSR count). The number of rotatable bonds is 5. The third-order valence-electron chi connectivity index (χ3n) is 5.02. The first-order valence-electron chi connectivity index (χ1n) is 9.80. The first kappa shape index (κ1) is 19.9. The second-order valence-electron chi connectivity index (χ2n) is 8.50. The van der Waals surface area contributed by atoms with E-state index in [9.17, 15) is 9.90 Å². The highest BCUT2D eigenvalue weighted by molar-refractivity contribution is 5.78. The average molecular weight is 401 g/mol. The van der Waals surface area contributed by atoms with Crippen molar-refractivity contribution in [3.63, 3.8) is 0 Å². The van der Waals surface area contributed by atoms with E-state index in [-0.39, 0.29) is 36.3 Å². The summed E-state index contributed by atoms with van der Waals surface area (Å²) in [5, 5.41) is 12.8. The Balaban J connectivity index is 1.43. The number of amides is 1. The Morgan fingerprint density at radius 3 is 2.69 bits per heavy atom. The number of hydrogen-bond acceptors (Lipinski definition) is 6. The monoisotopic (exact) mass is 401 g/mol. The zero-order chi connectivity index (χ0) is 20.6. The van der Waals surface area contributed by atoms with Crippen LogP contribution in [0.25, 0.3) is 11.4 Å². The van der Waals surface area contributed by atoms with Crippen molar-refractivity contribution in [2.75, 3.05) is 19.8 Å². The molecule has 8 heteroatoms. The smallest absolute Gasteiger partial charge is 0.258 e. The number of carbonyl (C=O) groups is 1. The van der Waals surface area contributed by atoms with Crippen LogP contribution in [0.15, 0.2) is 36.7 Å². The first-order valence-corrected chi connectivity index (χ1v) is 9.80. The van der Waals surface area contributed by atoms with Crippen molar-refractivity contribution >= 4 is 5.91 Å². The minimum atomic E-state index is -0.580. The summed E-state index contributed by atoms with van der Waals surface area (Å²) in [6.45, 7) is 6.52. The van der Waals surface area contributed by atoms with Crippen LogP contribution in [0.1, 0.15) is 26.8 Å². The van der Waals surface area contributed by atoms with E-state index in [1.165, 1.54) is 0 Å². The van der Waals surface area contributed by atoms with Crippen LogP contribution < -0.4 is 10.1 Å². The highest BCUT2D eigenvalue weighted by atomic mass is 16.6. The van der Waals surface area contributed by atoms with Gasteiger partial charge in [-0.3, -0.25) is 4.79 Å². The Bertz CT molecular complexity index is 858. The molecule has 2 aromatic rings. The molecule has 0 bridgehead atoms. The molecule has 29 heavy (non-hydrogen) atoms. The molecule has 0 radical (unpaired) electrons. The molecule has 8 nitrogen and oxygen atoms in total. The first-order chi connectivity index (χ1) is 13.8. The lowest BCUT2D eigenvalue weighted by Gasteiger charge is -2.20. The zero-order valence-corrected chi connectivity index (χ0v) is 16.9. The van der Waals surface area contributed by atoms with Crippen molar-refractivity contribution in [1.29, 1.82) is 0 Å². The molecule has 2 N–H and O–H groups in total. The van der Waals surface area contributed by atoms with Crippen molar-refractivity contribution < 1.29 is 24.1 Å². The second kappa shape index (κ2) is 7.78. The largest absolute Gasteiger partial charge is 0.484 e. The summed E-state index contributed by atoms with van der Waals surface area (Å²) in [5.74, 6) is 1.25. The lowest BCUT2D eigenvalue weighted by atomic mass is 10.1. The Morgan fingerprint density at radius 1 is 1.24 bits per heavy atom. The number of ether oxygens (including phenoxy) is 3. The van der Waals surface area contributed by atoms with E-state index in [4.69, 9.17) is 14.2 Å². The summed E-state index contributed by atoms with van der Waals surface area (Å²) >= 11 is 0. The normalized spacial score (nSPS) is 26.3. The number of nitrogens with one attached hydrogen (secondary N) is 1. The van der Waals surface area contributed by atoms with Gasteiger partial charge in [0.25, 0.3) is 5.91 Å². The number of nitrogens with zero attached hydrogens (tertiary/aromatic N) is 2. The minimum absolute atomic E-state index is 0.0343. The average Bonchev–Trinajstić information content (AvgIpc) is 3.37. The lowest BCUT2D eigenvalue weighted by molar-refractivity contribution is -0.124. The molecule has 0 unspecified atom stereocenters. The fraction of sp³-hybridized carbons (Fsp3) is 0.524. The third-order valence-corrected chi connectivity index (χ3v) is 5.02. The topological polar surface area (TPSA) is 94.8 Å². The quantitative estimate of drug-likeness (QED) is 0.789. The molecule has 2 saturated heterocycles. The number of aromatic nitrogens is 2. The van der Waals surface area contributed by atoms with Crippen LogP contribution >= 0.6 is 0 Å². The van der Waals surface area contributed by atoms with Gasteiger partial charge in [0.15, 0.2) is 6.61 Å². The van der Waals surface area contributed by atoms with E-state index < -0.39 is 6.10 Å². The van der Waals surface area contributed by atoms with Gasteiger partial charge in [-0.05, 0) is 45.0 Å². The van der Waals surface area contributed by atoms with Gasteiger partial charge < -0.3 is 29.2 Å². The van der Waals surface area contributed by atoms with Gasteiger partial charge in [0.2, 0.25) is 0 Å².